The van der Waals surface area contributed by atoms with Crippen LogP contribution < -0.4 is 0 Å². The van der Waals surface area contributed by atoms with Gasteiger partial charge in [-0.15, -0.1) is 11.3 Å². The molecular weight excluding hydrogens is 360 g/mol. The molecule has 142 valence electrons. The first-order chi connectivity index (χ1) is 13.1. The molecule has 0 radical (unpaired) electrons. The molecule has 2 aromatic heterocycles. The van der Waals surface area contributed by atoms with E-state index < -0.39 is 0 Å². The summed E-state index contributed by atoms with van der Waals surface area (Å²) in [5.41, 5.74) is 6.57. The number of carbonyl (C=O) groups excluding carboxylic acids is 1. The second-order valence-corrected chi connectivity index (χ2v) is 7.84. The van der Waals surface area contributed by atoms with Crippen LogP contribution in [0.25, 0.3) is 22.2 Å². The third kappa shape index (κ3) is 3.17. The molecule has 3 aromatic rings. The summed E-state index contributed by atoms with van der Waals surface area (Å²) in [6.45, 7) is 5.88. The summed E-state index contributed by atoms with van der Waals surface area (Å²) in [6, 6.07) is 6.49. The summed E-state index contributed by atoms with van der Waals surface area (Å²) < 4.78 is 12.9. The van der Waals surface area contributed by atoms with Crippen LogP contribution in [0.2, 0.25) is 0 Å². The Balaban J connectivity index is 1.90. The van der Waals surface area contributed by atoms with Gasteiger partial charge in [0.15, 0.2) is 0 Å². The van der Waals surface area contributed by atoms with Crippen molar-refractivity contribution in [3.05, 3.63) is 40.3 Å². The fourth-order valence-corrected chi connectivity index (χ4v) is 4.81. The molecule has 6 heteroatoms. The minimum absolute atomic E-state index is 0.278. The molecule has 27 heavy (non-hydrogen) atoms. The third-order valence-corrected chi connectivity index (χ3v) is 6.31. The van der Waals surface area contributed by atoms with Gasteiger partial charge in [0, 0.05) is 41.3 Å². The number of carbonyl (C=O) groups is 1. The molecule has 0 aliphatic carbocycles. The van der Waals surface area contributed by atoms with E-state index in [0.29, 0.717) is 11.5 Å². The number of hydrogen-bond acceptors (Lipinski definition) is 5. The highest BCUT2D eigenvalue weighted by Gasteiger charge is 2.28. The topological polar surface area (TPSA) is 53.4 Å². The zero-order valence-electron chi connectivity index (χ0n) is 15.9. The fraction of sp³-hybridized carbons (Fsp3) is 0.429. The van der Waals surface area contributed by atoms with Crippen LogP contribution in [0, 0.1) is 12.8 Å². The van der Waals surface area contributed by atoms with Crippen molar-refractivity contribution in [3.8, 4) is 11.3 Å². The van der Waals surface area contributed by atoms with Gasteiger partial charge in [-0.3, -0.25) is 0 Å². The number of methoxy groups -OCH3 is 1. The number of rotatable bonds is 4. The van der Waals surface area contributed by atoms with E-state index in [1.807, 2.05) is 29.9 Å². The maximum atomic E-state index is 12.5. The molecule has 0 amide bonds. The SMILES string of the molecule is COC(=O)c1c(C)n(C(C)C2CCOCC2)c2cc(-c3cscn3)ccc12. The van der Waals surface area contributed by atoms with Crippen molar-refractivity contribution in [3.63, 3.8) is 0 Å². The van der Waals surface area contributed by atoms with E-state index >= 15 is 0 Å². The molecule has 1 fully saturated rings. The number of aromatic nitrogens is 2. The Morgan fingerprint density at radius 1 is 1.37 bits per heavy atom. The van der Waals surface area contributed by atoms with Crippen LogP contribution in [0.5, 0.6) is 0 Å². The highest BCUT2D eigenvalue weighted by Crippen LogP contribution is 2.37. The van der Waals surface area contributed by atoms with Crippen LogP contribution in [-0.4, -0.2) is 35.8 Å². The number of fused-ring (bicyclic) bond motifs is 1. The van der Waals surface area contributed by atoms with Gasteiger partial charge in [-0.1, -0.05) is 12.1 Å². The van der Waals surface area contributed by atoms with Gasteiger partial charge in [-0.05, 0) is 38.7 Å². The fourth-order valence-electron chi connectivity index (χ4n) is 4.25. The van der Waals surface area contributed by atoms with E-state index in [9.17, 15) is 4.79 Å². The average Bonchev–Trinajstić information content (AvgIpc) is 3.33. The van der Waals surface area contributed by atoms with Crippen molar-refractivity contribution in [2.24, 2.45) is 5.92 Å². The van der Waals surface area contributed by atoms with Gasteiger partial charge in [0.05, 0.1) is 29.4 Å². The Labute approximate surface area is 162 Å². The maximum absolute atomic E-state index is 12.5. The molecule has 3 heterocycles. The van der Waals surface area contributed by atoms with E-state index in [4.69, 9.17) is 9.47 Å². The molecule has 1 atom stereocenters. The molecule has 0 spiro atoms. The first-order valence-electron chi connectivity index (χ1n) is 9.31. The predicted molar refractivity (Wildman–Crippen MR) is 107 cm³/mol. The highest BCUT2D eigenvalue weighted by molar-refractivity contribution is 7.07. The lowest BCUT2D eigenvalue weighted by Gasteiger charge is -2.30. The molecule has 1 unspecified atom stereocenters. The standard InChI is InChI=1S/C21H24N2O3S/c1-13(15-6-8-26-9-7-15)23-14(2)20(21(24)25-3)17-5-4-16(10-19(17)23)18-11-27-12-22-18/h4-5,10-13,15H,6-9H2,1-3H3. The van der Waals surface area contributed by atoms with E-state index in [0.717, 1.165) is 53.9 Å². The molecule has 1 aliphatic heterocycles. The number of benzene rings is 1. The highest BCUT2D eigenvalue weighted by atomic mass is 32.1. The number of esters is 1. The number of thiazole rings is 1. The van der Waals surface area contributed by atoms with E-state index in [-0.39, 0.29) is 12.0 Å². The quantitative estimate of drug-likeness (QED) is 0.604. The average molecular weight is 385 g/mol. The summed E-state index contributed by atoms with van der Waals surface area (Å²) >= 11 is 1.58. The Morgan fingerprint density at radius 2 is 2.15 bits per heavy atom. The van der Waals surface area contributed by atoms with Crippen molar-refractivity contribution < 1.29 is 14.3 Å². The number of ether oxygens (including phenoxy) is 2. The van der Waals surface area contributed by atoms with Crippen molar-refractivity contribution >= 4 is 28.2 Å². The monoisotopic (exact) mass is 384 g/mol. The largest absolute Gasteiger partial charge is 0.465 e. The van der Waals surface area contributed by atoms with Crippen LogP contribution in [0.15, 0.2) is 29.1 Å². The molecule has 1 aromatic carbocycles. The van der Waals surface area contributed by atoms with Crippen molar-refractivity contribution in [2.45, 2.75) is 32.7 Å². The van der Waals surface area contributed by atoms with Crippen LogP contribution in [0.1, 0.15) is 41.9 Å². The second kappa shape index (κ2) is 7.44. The molecule has 1 saturated heterocycles. The molecular formula is C21H24N2O3S. The lowest BCUT2D eigenvalue weighted by molar-refractivity contribution is 0.0514. The second-order valence-electron chi connectivity index (χ2n) is 7.12. The predicted octanol–water partition coefficient (Wildman–Crippen LogP) is 4.85. The lowest BCUT2D eigenvalue weighted by atomic mass is 9.92. The van der Waals surface area contributed by atoms with Crippen molar-refractivity contribution in [1.82, 2.24) is 9.55 Å². The summed E-state index contributed by atoms with van der Waals surface area (Å²) in [5, 5.41) is 2.99. The van der Waals surface area contributed by atoms with Gasteiger partial charge in [-0.2, -0.15) is 0 Å². The maximum Gasteiger partial charge on any atom is 0.340 e. The molecule has 4 rings (SSSR count). The van der Waals surface area contributed by atoms with Gasteiger partial charge < -0.3 is 14.0 Å². The van der Waals surface area contributed by atoms with Crippen LogP contribution in [0.3, 0.4) is 0 Å². The Bertz CT molecular complexity index is 956. The van der Waals surface area contributed by atoms with Gasteiger partial charge in [0.25, 0.3) is 0 Å². The minimum Gasteiger partial charge on any atom is -0.465 e. The van der Waals surface area contributed by atoms with Crippen LogP contribution in [-0.2, 0) is 9.47 Å². The first-order valence-corrected chi connectivity index (χ1v) is 10.2. The lowest BCUT2D eigenvalue weighted by Crippen LogP contribution is -2.24. The summed E-state index contributed by atoms with van der Waals surface area (Å²) in [5.74, 6) is 0.248. The normalized spacial score (nSPS) is 16.6. The number of nitrogens with zero attached hydrogens (tertiary/aromatic N) is 2. The zero-order valence-corrected chi connectivity index (χ0v) is 16.7. The van der Waals surface area contributed by atoms with Crippen molar-refractivity contribution in [1.29, 1.82) is 0 Å². The summed E-state index contributed by atoms with van der Waals surface area (Å²) in [6.07, 6.45) is 2.08. The Kier molecular flexibility index (Phi) is 5.02. The summed E-state index contributed by atoms with van der Waals surface area (Å²) in [4.78, 5) is 16.9. The van der Waals surface area contributed by atoms with Gasteiger partial charge >= 0.3 is 5.97 Å². The zero-order chi connectivity index (χ0) is 19.0. The molecule has 0 bridgehead atoms. The smallest absolute Gasteiger partial charge is 0.340 e. The number of hydrogen-bond donors (Lipinski definition) is 0. The minimum atomic E-state index is -0.281. The van der Waals surface area contributed by atoms with Crippen molar-refractivity contribution in [2.75, 3.05) is 20.3 Å². The molecule has 0 saturated carbocycles. The Hall–Kier alpha value is -2.18. The molecule has 5 nitrogen and oxygen atoms in total. The van der Waals surface area contributed by atoms with Gasteiger partial charge in [-0.25, -0.2) is 9.78 Å². The van der Waals surface area contributed by atoms with Gasteiger partial charge in [0.2, 0.25) is 0 Å². The molecule has 0 N–H and O–H groups in total. The Morgan fingerprint density at radius 3 is 2.81 bits per heavy atom. The van der Waals surface area contributed by atoms with E-state index in [2.05, 4.69) is 22.5 Å². The van der Waals surface area contributed by atoms with E-state index in [1.165, 1.54) is 7.11 Å². The summed E-state index contributed by atoms with van der Waals surface area (Å²) in [7, 11) is 1.44. The third-order valence-electron chi connectivity index (χ3n) is 5.72. The van der Waals surface area contributed by atoms with Gasteiger partial charge in [0.1, 0.15) is 0 Å². The first kappa shape index (κ1) is 18.2. The van der Waals surface area contributed by atoms with Crippen LogP contribution in [0.4, 0.5) is 0 Å². The van der Waals surface area contributed by atoms with Crippen LogP contribution >= 0.6 is 11.3 Å². The van der Waals surface area contributed by atoms with E-state index in [1.54, 1.807) is 11.3 Å². The molecule has 1 aliphatic rings.